The van der Waals surface area contributed by atoms with E-state index < -0.39 is 0 Å². The van der Waals surface area contributed by atoms with Crippen molar-refractivity contribution in [2.24, 2.45) is 4.99 Å². The van der Waals surface area contributed by atoms with Crippen LogP contribution >= 0.6 is 0 Å². The van der Waals surface area contributed by atoms with Crippen LogP contribution in [0.4, 0.5) is 11.5 Å². The minimum Gasteiger partial charge on any atom is -0.346 e. The molecule has 4 rings (SSSR count). The van der Waals surface area contributed by atoms with Crippen LogP contribution in [0.25, 0.3) is 10.9 Å². The van der Waals surface area contributed by atoms with Gasteiger partial charge in [-0.15, -0.1) is 0 Å². The molecule has 0 aliphatic heterocycles. The standard InChI is InChI=1S/C20H24N6/c1-3-17(26-14-4-5-14)19-20(25-12-23-19)24-11-22-15-6-7-18-16(10-15)13(2)8-9-21-18/h6-12,14,17,26H,3-5H2,1-2H3,(H,22,24)(H,23,25). The Morgan fingerprint density at radius 1 is 1.31 bits per heavy atom. The third kappa shape index (κ3) is 3.60. The van der Waals surface area contributed by atoms with Crippen LogP contribution in [0, 0.1) is 6.92 Å². The summed E-state index contributed by atoms with van der Waals surface area (Å²) in [4.78, 5) is 16.5. The molecule has 1 aliphatic carbocycles. The molecule has 0 bridgehead atoms. The second-order valence-electron chi connectivity index (χ2n) is 6.80. The van der Waals surface area contributed by atoms with E-state index in [4.69, 9.17) is 0 Å². The molecule has 3 N–H and O–H groups in total. The van der Waals surface area contributed by atoms with Gasteiger partial charge in [0.15, 0.2) is 5.82 Å². The van der Waals surface area contributed by atoms with Gasteiger partial charge in [0, 0.05) is 23.3 Å². The van der Waals surface area contributed by atoms with Crippen LogP contribution < -0.4 is 10.6 Å². The molecule has 2 heterocycles. The van der Waals surface area contributed by atoms with Gasteiger partial charge in [0.2, 0.25) is 0 Å². The number of hydrogen-bond acceptors (Lipinski definition) is 4. The van der Waals surface area contributed by atoms with E-state index in [9.17, 15) is 0 Å². The third-order valence-corrected chi connectivity index (χ3v) is 4.80. The molecule has 1 fully saturated rings. The van der Waals surface area contributed by atoms with Gasteiger partial charge in [-0.1, -0.05) is 6.92 Å². The van der Waals surface area contributed by atoms with E-state index in [1.54, 1.807) is 12.7 Å². The Bertz CT molecular complexity index is 925. The van der Waals surface area contributed by atoms with E-state index in [0.717, 1.165) is 34.5 Å². The third-order valence-electron chi connectivity index (χ3n) is 4.80. The number of nitrogens with one attached hydrogen (secondary N) is 3. The summed E-state index contributed by atoms with van der Waals surface area (Å²) in [7, 11) is 0. The second-order valence-corrected chi connectivity index (χ2v) is 6.80. The largest absolute Gasteiger partial charge is 0.346 e. The first-order valence-electron chi connectivity index (χ1n) is 9.18. The lowest BCUT2D eigenvalue weighted by atomic mass is 10.1. The second kappa shape index (κ2) is 7.25. The molecule has 1 aromatic carbocycles. The number of nitrogens with zero attached hydrogens (tertiary/aromatic N) is 3. The molecule has 6 heteroatoms. The van der Waals surface area contributed by atoms with Crippen LogP contribution in [0.3, 0.4) is 0 Å². The van der Waals surface area contributed by atoms with Gasteiger partial charge in [-0.25, -0.2) is 9.98 Å². The number of aromatic nitrogens is 3. The topological polar surface area (TPSA) is 78.0 Å². The summed E-state index contributed by atoms with van der Waals surface area (Å²) in [5.41, 5.74) is 4.25. The Morgan fingerprint density at radius 2 is 2.19 bits per heavy atom. The smallest absolute Gasteiger partial charge is 0.176 e. The van der Waals surface area contributed by atoms with E-state index in [-0.39, 0.29) is 6.04 Å². The summed E-state index contributed by atoms with van der Waals surface area (Å²) >= 11 is 0. The van der Waals surface area contributed by atoms with Gasteiger partial charge < -0.3 is 15.6 Å². The van der Waals surface area contributed by atoms with E-state index in [1.165, 1.54) is 18.4 Å². The normalized spacial score (nSPS) is 15.6. The van der Waals surface area contributed by atoms with E-state index in [1.807, 2.05) is 24.4 Å². The molecule has 1 saturated carbocycles. The Labute approximate surface area is 153 Å². The zero-order valence-corrected chi connectivity index (χ0v) is 15.2. The average Bonchev–Trinajstić information content (AvgIpc) is 3.36. The predicted octanol–water partition coefficient (Wildman–Crippen LogP) is 4.24. The monoisotopic (exact) mass is 348 g/mol. The highest BCUT2D eigenvalue weighted by molar-refractivity contribution is 5.88. The zero-order chi connectivity index (χ0) is 17.9. The van der Waals surface area contributed by atoms with Crippen LogP contribution in [0.2, 0.25) is 0 Å². The number of benzene rings is 1. The molecule has 0 spiro atoms. The number of aliphatic imine (C=N–C) groups is 1. The molecule has 6 nitrogen and oxygen atoms in total. The maximum Gasteiger partial charge on any atom is 0.176 e. The summed E-state index contributed by atoms with van der Waals surface area (Å²) < 4.78 is 0. The highest BCUT2D eigenvalue weighted by atomic mass is 15.1. The fourth-order valence-corrected chi connectivity index (χ4v) is 3.14. The molecule has 1 unspecified atom stereocenters. The number of aryl methyl sites for hydroxylation is 1. The van der Waals surface area contributed by atoms with Gasteiger partial charge in [0.25, 0.3) is 0 Å². The van der Waals surface area contributed by atoms with Crippen LogP contribution in [-0.2, 0) is 0 Å². The van der Waals surface area contributed by atoms with Crippen molar-refractivity contribution in [3.63, 3.8) is 0 Å². The fraction of sp³-hybridized carbons (Fsp3) is 0.350. The van der Waals surface area contributed by atoms with Crippen molar-refractivity contribution in [3.8, 4) is 0 Å². The maximum atomic E-state index is 4.53. The van der Waals surface area contributed by atoms with Crippen LogP contribution in [0.1, 0.15) is 43.5 Å². The highest BCUT2D eigenvalue weighted by Crippen LogP contribution is 2.29. The molecule has 26 heavy (non-hydrogen) atoms. The number of imidazole rings is 1. The molecular weight excluding hydrogens is 324 g/mol. The number of fused-ring (bicyclic) bond motifs is 1. The van der Waals surface area contributed by atoms with Crippen molar-refractivity contribution in [2.75, 3.05) is 5.32 Å². The molecule has 2 aromatic heterocycles. The molecule has 134 valence electrons. The summed E-state index contributed by atoms with van der Waals surface area (Å²) in [6.45, 7) is 4.27. The molecule has 3 aromatic rings. The molecule has 0 amide bonds. The first-order chi connectivity index (χ1) is 12.7. The first-order valence-corrected chi connectivity index (χ1v) is 9.18. The van der Waals surface area contributed by atoms with Crippen molar-refractivity contribution in [2.45, 2.75) is 45.2 Å². The van der Waals surface area contributed by atoms with Gasteiger partial charge in [0.1, 0.15) is 0 Å². The van der Waals surface area contributed by atoms with Gasteiger partial charge in [-0.3, -0.25) is 4.98 Å². The van der Waals surface area contributed by atoms with Crippen LogP contribution in [-0.4, -0.2) is 27.3 Å². The lowest BCUT2D eigenvalue weighted by molar-refractivity contribution is 0.507. The van der Waals surface area contributed by atoms with Crippen LogP contribution in [0.5, 0.6) is 0 Å². The number of aromatic amines is 1. The molecule has 0 saturated heterocycles. The summed E-state index contributed by atoms with van der Waals surface area (Å²) in [6.07, 6.45) is 8.79. The minimum atomic E-state index is 0.270. The van der Waals surface area contributed by atoms with Gasteiger partial charge in [-0.05, 0) is 56.0 Å². The SMILES string of the molecule is CCC(NC1CC1)c1[nH]cnc1N=CNc1ccc2nccc(C)c2c1. The Balaban J connectivity index is 1.49. The van der Waals surface area contributed by atoms with Crippen molar-refractivity contribution < 1.29 is 0 Å². The van der Waals surface area contributed by atoms with Crippen molar-refractivity contribution >= 4 is 28.7 Å². The highest BCUT2D eigenvalue weighted by Gasteiger charge is 2.26. The number of anilines is 1. The number of hydrogen-bond donors (Lipinski definition) is 3. The predicted molar refractivity (Wildman–Crippen MR) is 106 cm³/mol. The zero-order valence-electron chi connectivity index (χ0n) is 15.2. The van der Waals surface area contributed by atoms with Crippen molar-refractivity contribution in [3.05, 3.63) is 48.0 Å². The lowest BCUT2D eigenvalue weighted by Crippen LogP contribution is -2.23. The number of rotatable bonds is 7. The summed E-state index contributed by atoms with van der Waals surface area (Å²) in [5, 5.41) is 8.04. The molecule has 1 atom stereocenters. The molecular formula is C20H24N6. The van der Waals surface area contributed by atoms with Gasteiger partial charge >= 0.3 is 0 Å². The summed E-state index contributed by atoms with van der Waals surface area (Å²) in [5.74, 6) is 0.733. The Hall–Kier alpha value is -2.73. The minimum absolute atomic E-state index is 0.270. The van der Waals surface area contributed by atoms with Crippen LogP contribution in [0.15, 0.2) is 41.8 Å². The molecule has 1 aliphatic rings. The fourth-order valence-electron chi connectivity index (χ4n) is 3.14. The quantitative estimate of drug-likeness (QED) is 0.441. The van der Waals surface area contributed by atoms with Crippen molar-refractivity contribution in [1.29, 1.82) is 0 Å². The number of pyridine rings is 1. The van der Waals surface area contributed by atoms with Gasteiger partial charge in [0.05, 0.1) is 29.9 Å². The van der Waals surface area contributed by atoms with Gasteiger partial charge in [-0.2, -0.15) is 0 Å². The average molecular weight is 348 g/mol. The van der Waals surface area contributed by atoms with E-state index >= 15 is 0 Å². The van der Waals surface area contributed by atoms with E-state index in [2.05, 4.69) is 50.5 Å². The summed E-state index contributed by atoms with van der Waals surface area (Å²) in [6, 6.07) is 9.06. The maximum absolute atomic E-state index is 4.53. The Kier molecular flexibility index (Phi) is 4.67. The number of H-pyrrole nitrogens is 1. The van der Waals surface area contributed by atoms with E-state index in [0.29, 0.717) is 6.04 Å². The molecule has 0 radical (unpaired) electrons. The lowest BCUT2D eigenvalue weighted by Gasteiger charge is -2.15. The Morgan fingerprint density at radius 3 is 3.00 bits per heavy atom. The van der Waals surface area contributed by atoms with Crippen molar-refractivity contribution in [1.82, 2.24) is 20.3 Å². The first kappa shape index (κ1) is 16.7.